The summed E-state index contributed by atoms with van der Waals surface area (Å²) in [6, 6.07) is 9.47. The second-order valence-electron chi connectivity index (χ2n) is 9.55. The van der Waals surface area contributed by atoms with E-state index in [2.05, 4.69) is 27.7 Å². The van der Waals surface area contributed by atoms with Gasteiger partial charge in [0.1, 0.15) is 17.2 Å². The van der Waals surface area contributed by atoms with Crippen LogP contribution in [0.1, 0.15) is 96.3 Å². The lowest BCUT2D eigenvalue weighted by Crippen LogP contribution is -2.26. The largest absolute Gasteiger partial charge is 0.493 e. The number of ether oxygens (including phenoxy) is 5. The van der Waals surface area contributed by atoms with Gasteiger partial charge in [-0.2, -0.15) is 0 Å². The third kappa shape index (κ3) is 8.31. The SMILES string of the molecule is CCCCOc1cc(OCCCC)c2c(c1)O[C@H](c1ccc(OCCCC)c(OCCCC)c1)C(=O)C2. The number of benzene rings is 2. The molecule has 2 aromatic carbocycles. The Bertz CT molecular complexity index is 986. The molecular weight excluding hydrogens is 468 g/mol. The van der Waals surface area contributed by atoms with Crippen LogP contribution in [0, 0.1) is 0 Å². The quantitative estimate of drug-likeness (QED) is 0.203. The summed E-state index contributed by atoms with van der Waals surface area (Å²) in [5, 5.41) is 0. The van der Waals surface area contributed by atoms with E-state index in [0.29, 0.717) is 55.2 Å². The number of hydrogen-bond donors (Lipinski definition) is 0. The van der Waals surface area contributed by atoms with E-state index >= 15 is 0 Å². The molecule has 1 aliphatic heterocycles. The fourth-order valence-corrected chi connectivity index (χ4v) is 4.03. The zero-order valence-electron chi connectivity index (χ0n) is 23.1. The van der Waals surface area contributed by atoms with E-state index in [0.717, 1.165) is 62.5 Å². The maximum atomic E-state index is 13.3. The van der Waals surface area contributed by atoms with Crippen molar-refractivity contribution in [1.29, 1.82) is 0 Å². The Morgan fingerprint density at radius 2 is 1.27 bits per heavy atom. The molecule has 0 N–H and O–H groups in total. The topological polar surface area (TPSA) is 63.2 Å². The zero-order chi connectivity index (χ0) is 26.5. The van der Waals surface area contributed by atoms with Gasteiger partial charge in [0.25, 0.3) is 0 Å². The second kappa shape index (κ2) is 15.4. The van der Waals surface area contributed by atoms with Crippen molar-refractivity contribution in [2.45, 2.75) is 91.6 Å². The Morgan fingerprint density at radius 3 is 1.89 bits per heavy atom. The molecule has 204 valence electrons. The Labute approximate surface area is 222 Å². The minimum absolute atomic E-state index is 0.00773. The van der Waals surface area contributed by atoms with Gasteiger partial charge in [0.05, 0.1) is 26.4 Å². The fraction of sp³-hybridized carbons (Fsp3) is 0.581. The van der Waals surface area contributed by atoms with Crippen LogP contribution in [0.25, 0.3) is 0 Å². The first-order valence-corrected chi connectivity index (χ1v) is 14.1. The lowest BCUT2D eigenvalue weighted by Gasteiger charge is -2.28. The van der Waals surface area contributed by atoms with E-state index in [1.54, 1.807) is 0 Å². The summed E-state index contributed by atoms with van der Waals surface area (Å²) >= 11 is 0. The highest BCUT2D eigenvalue weighted by molar-refractivity contribution is 5.90. The summed E-state index contributed by atoms with van der Waals surface area (Å²) < 4.78 is 30.4. The summed E-state index contributed by atoms with van der Waals surface area (Å²) in [5.74, 6) is 3.37. The number of unbranched alkanes of at least 4 members (excludes halogenated alkanes) is 4. The predicted octanol–water partition coefficient (Wildman–Crippen LogP) is 7.65. The van der Waals surface area contributed by atoms with E-state index in [-0.39, 0.29) is 12.2 Å². The molecule has 1 atom stereocenters. The molecule has 0 saturated heterocycles. The molecule has 6 nitrogen and oxygen atoms in total. The summed E-state index contributed by atoms with van der Waals surface area (Å²) in [6.07, 6.45) is 7.55. The molecule has 0 spiro atoms. The summed E-state index contributed by atoms with van der Waals surface area (Å²) in [4.78, 5) is 13.3. The van der Waals surface area contributed by atoms with Crippen molar-refractivity contribution in [3.05, 3.63) is 41.5 Å². The third-order valence-corrected chi connectivity index (χ3v) is 6.33. The molecule has 0 bridgehead atoms. The van der Waals surface area contributed by atoms with E-state index in [4.69, 9.17) is 23.7 Å². The summed E-state index contributed by atoms with van der Waals surface area (Å²) in [6.45, 7) is 11.0. The van der Waals surface area contributed by atoms with Crippen LogP contribution in [0.4, 0.5) is 0 Å². The average Bonchev–Trinajstić information content (AvgIpc) is 2.90. The smallest absolute Gasteiger partial charge is 0.182 e. The van der Waals surface area contributed by atoms with Gasteiger partial charge in [0.2, 0.25) is 0 Å². The number of hydrogen-bond acceptors (Lipinski definition) is 6. The van der Waals surface area contributed by atoms with Crippen LogP contribution in [-0.2, 0) is 11.2 Å². The standard InChI is InChI=1S/C31H44O6/c1-5-9-15-33-24-20-28(35-17-11-7-3)25-22-26(32)31(37-29(25)21-24)23-13-14-27(34-16-10-6-2)30(19-23)36-18-12-8-4/h13-14,19-21,31H,5-12,15-18,22H2,1-4H3/t31-/m1/s1. The first-order valence-electron chi connectivity index (χ1n) is 14.1. The van der Waals surface area contributed by atoms with Gasteiger partial charge in [0.15, 0.2) is 23.4 Å². The van der Waals surface area contributed by atoms with E-state index in [1.165, 1.54) is 0 Å². The van der Waals surface area contributed by atoms with Crippen LogP contribution >= 0.6 is 0 Å². The normalized spacial score (nSPS) is 14.6. The Hall–Kier alpha value is -2.89. The van der Waals surface area contributed by atoms with Gasteiger partial charge in [-0.1, -0.05) is 59.4 Å². The van der Waals surface area contributed by atoms with Crippen molar-refractivity contribution in [2.24, 2.45) is 0 Å². The Kier molecular flexibility index (Phi) is 11.9. The average molecular weight is 513 g/mol. The van der Waals surface area contributed by atoms with Crippen LogP contribution in [-0.4, -0.2) is 32.2 Å². The van der Waals surface area contributed by atoms with Crippen LogP contribution in [0.5, 0.6) is 28.7 Å². The predicted molar refractivity (Wildman–Crippen MR) is 147 cm³/mol. The zero-order valence-corrected chi connectivity index (χ0v) is 23.1. The number of ketones is 1. The van der Waals surface area contributed by atoms with Crippen molar-refractivity contribution >= 4 is 5.78 Å². The van der Waals surface area contributed by atoms with E-state index in [1.807, 2.05) is 30.3 Å². The van der Waals surface area contributed by atoms with Crippen LogP contribution in [0.3, 0.4) is 0 Å². The van der Waals surface area contributed by atoms with Crippen LogP contribution in [0.2, 0.25) is 0 Å². The lowest BCUT2D eigenvalue weighted by atomic mass is 9.95. The molecule has 3 rings (SSSR count). The molecule has 0 amide bonds. The molecule has 1 heterocycles. The van der Waals surface area contributed by atoms with Crippen LogP contribution < -0.4 is 23.7 Å². The lowest BCUT2D eigenvalue weighted by molar-refractivity contribution is -0.126. The van der Waals surface area contributed by atoms with E-state index in [9.17, 15) is 4.79 Å². The molecule has 0 saturated carbocycles. The van der Waals surface area contributed by atoms with E-state index < -0.39 is 6.10 Å². The van der Waals surface area contributed by atoms with Gasteiger partial charge in [-0.3, -0.25) is 4.79 Å². The van der Waals surface area contributed by atoms with Gasteiger partial charge < -0.3 is 23.7 Å². The van der Waals surface area contributed by atoms with Crippen molar-refractivity contribution < 1.29 is 28.5 Å². The first kappa shape index (κ1) is 28.7. The number of carbonyl (C=O) groups is 1. The molecule has 2 aromatic rings. The molecule has 0 unspecified atom stereocenters. The monoisotopic (exact) mass is 512 g/mol. The third-order valence-electron chi connectivity index (χ3n) is 6.33. The van der Waals surface area contributed by atoms with Gasteiger partial charge in [-0.25, -0.2) is 0 Å². The number of carbonyl (C=O) groups excluding carboxylic acids is 1. The molecule has 0 aromatic heterocycles. The van der Waals surface area contributed by atoms with Crippen molar-refractivity contribution in [3.8, 4) is 28.7 Å². The highest BCUT2D eigenvalue weighted by Crippen LogP contribution is 2.42. The molecule has 37 heavy (non-hydrogen) atoms. The Morgan fingerprint density at radius 1 is 0.703 bits per heavy atom. The number of Topliss-reactive ketones (excluding diaryl/α,β-unsaturated/α-hetero) is 1. The minimum Gasteiger partial charge on any atom is -0.493 e. The van der Waals surface area contributed by atoms with Crippen LogP contribution in [0.15, 0.2) is 30.3 Å². The highest BCUT2D eigenvalue weighted by atomic mass is 16.5. The number of rotatable bonds is 17. The molecule has 0 radical (unpaired) electrons. The molecule has 1 aliphatic rings. The minimum atomic E-state index is -0.722. The summed E-state index contributed by atoms with van der Waals surface area (Å²) in [5.41, 5.74) is 1.55. The maximum Gasteiger partial charge on any atom is 0.182 e. The first-order chi connectivity index (χ1) is 18.1. The van der Waals surface area contributed by atoms with Gasteiger partial charge in [0, 0.05) is 29.7 Å². The van der Waals surface area contributed by atoms with Gasteiger partial charge in [-0.15, -0.1) is 0 Å². The second-order valence-corrected chi connectivity index (χ2v) is 9.55. The van der Waals surface area contributed by atoms with Crippen molar-refractivity contribution in [3.63, 3.8) is 0 Å². The van der Waals surface area contributed by atoms with Gasteiger partial charge in [-0.05, 0) is 37.8 Å². The molecule has 0 aliphatic carbocycles. The maximum absolute atomic E-state index is 13.3. The van der Waals surface area contributed by atoms with Crippen molar-refractivity contribution in [2.75, 3.05) is 26.4 Å². The highest BCUT2D eigenvalue weighted by Gasteiger charge is 2.33. The van der Waals surface area contributed by atoms with Gasteiger partial charge >= 0.3 is 0 Å². The molecule has 0 fully saturated rings. The number of fused-ring (bicyclic) bond motifs is 1. The summed E-state index contributed by atoms with van der Waals surface area (Å²) in [7, 11) is 0. The molecular formula is C31H44O6. The van der Waals surface area contributed by atoms with Crippen molar-refractivity contribution in [1.82, 2.24) is 0 Å². The molecule has 6 heteroatoms. The fourth-order valence-electron chi connectivity index (χ4n) is 4.03. The Balaban J connectivity index is 1.87.